The number of hydrogen-bond acceptors (Lipinski definition) is 1. The lowest BCUT2D eigenvalue weighted by atomic mass is 10.3. The number of rotatable bonds is 0. The number of aromatic nitrogens is 2. The van der Waals surface area contributed by atoms with Crippen LogP contribution >= 0.6 is 11.6 Å². The molecule has 0 radical (unpaired) electrons. The van der Waals surface area contributed by atoms with E-state index < -0.39 is 7.25 Å². The minimum Gasteiger partial charge on any atom is -0.418 e. The van der Waals surface area contributed by atoms with E-state index in [4.69, 9.17) is 11.6 Å². The molecule has 1 aromatic heterocycles. The van der Waals surface area contributed by atoms with Gasteiger partial charge < -0.3 is 17.3 Å². The molecule has 0 spiro atoms. The third-order valence-corrected chi connectivity index (χ3v) is 1.42. The summed E-state index contributed by atoms with van der Waals surface area (Å²) >= 11 is 5.58. The maximum Gasteiger partial charge on any atom is 0.673 e. The van der Waals surface area contributed by atoms with Crippen molar-refractivity contribution in [3.63, 3.8) is 0 Å². The van der Waals surface area contributed by atoms with Crippen molar-refractivity contribution in [3.8, 4) is 0 Å². The average Bonchev–Trinajstić information content (AvgIpc) is 1.94. The maximum atomic E-state index is 9.75. The molecule has 0 unspecified atom stereocenters. The van der Waals surface area contributed by atoms with Crippen LogP contribution in [-0.2, 0) is 7.05 Å². The fourth-order valence-corrected chi connectivity index (χ4v) is 0.729. The Balaban J connectivity index is 0.000000292. The molecule has 14 heavy (non-hydrogen) atoms. The van der Waals surface area contributed by atoms with E-state index in [-0.39, 0.29) is 0 Å². The summed E-state index contributed by atoms with van der Waals surface area (Å²) in [5.41, 5.74) is 1.10. The highest BCUT2D eigenvalue weighted by atomic mass is 35.5. The molecule has 0 N–H and O–H groups in total. The van der Waals surface area contributed by atoms with E-state index in [2.05, 4.69) is 5.10 Å². The summed E-state index contributed by atoms with van der Waals surface area (Å²) < 4.78 is 40.7. The number of hydrogen-bond donors (Lipinski definition) is 0. The zero-order chi connectivity index (χ0) is 11.4. The number of halogens is 5. The molecule has 0 amide bonds. The van der Waals surface area contributed by atoms with Crippen molar-refractivity contribution < 1.29 is 21.9 Å². The minimum absolute atomic E-state index is 0.531. The van der Waals surface area contributed by atoms with Gasteiger partial charge in [-0.3, -0.25) is 0 Å². The van der Waals surface area contributed by atoms with Crippen molar-refractivity contribution in [2.45, 2.75) is 6.92 Å². The summed E-state index contributed by atoms with van der Waals surface area (Å²) in [6, 6.07) is 3.70. The number of nitrogens with zero attached hydrogens (tertiary/aromatic N) is 2. The Hall–Kier alpha value is -0.845. The van der Waals surface area contributed by atoms with Gasteiger partial charge in [0.15, 0.2) is 12.2 Å². The lowest BCUT2D eigenvalue weighted by molar-refractivity contribution is -0.736. The van der Waals surface area contributed by atoms with Crippen molar-refractivity contribution >= 4 is 18.9 Å². The molecule has 0 aliphatic rings. The first-order valence-electron chi connectivity index (χ1n) is 3.57. The van der Waals surface area contributed by atoms with Crippen LogP contribution in [0.15, 0.2) is 12.1 Å². The minimum atomic E-state index is -6.00. The van der Waals surface area contributed by atoms with E-state index in [9.17, 15) is 17.3 Å². The molecule has 0 aromatic carbocycles. The van der Waals surface area contributed by atoms with Gasteiger partial charge in [0.05, 0.1) is 0 Å². The summed E-state index contributed by atoms with van der Waals surface area (Å²) in [5, 5.41) is 4.49. The Labute approximate surface area is 83.6 Å². The fraction of sp³-hybridized carbons (Fsp3) is 0.333. The van der Waals surface area contributed by atoms with Gasteiger partial charge in [-0.05, 0) is 6.07 Å². The third kappa shape index (κ3) is 7.79. The summed E-state index contributed by atoms with van der Waals surface area (Å²) in [4.78, 5) is 0. The second-order valence-electron chi connectivity index (χ2n) is 2.42. The van der Waals surface area contributed by atoms with Crippen LogP contribution < -0.4 is 4.68 Å². The first-order chi connectivity index (χ1) is 6.20. The van der Waals surface area contributed by atoms with E-state index in [0.717, 1.165) is 5.69 Å². The normalized spacial score (nSPS) is 10.5. The van der Waals surface area contributed by atoms with Gasteiger partial charge >= 0.3 is 7.25 Å². The SMILES string of the molecule is Cc1ccc(Cl)n[n+]1C.F[B-](F)(F)F. The highest BCUT2D eigenvalue weighted by molar-refractivity contribution is 6.50. The van der Waals surface area contributed by atoms with Gasteiger partial charge in [-0.25, -0.2) is 0 Å². The Morgan fingerprint density at radius 3 is 2.00 bits per heavy atom. The van der Waals surface area contributed by atoms with Crippen LogP contribution in [0, 0.1) is 6.92 Å². The van der Waals surface area contributed by atoms with Crippen LogP contribution in [0.2, 0.25) is 5.15 Å². The molecule has 8 heteroatoms. The molecular weight excluding hydrogens is 222 g/mol. The molecule has 80 valence electrons. The lowest BCUT2D eigenvalue weighted by Crippen LogP contribution is -2.36. The number of aryl methyl sites for hydroxylation is 2. The van der Waals surface area contributed by atoms with Gasteiger partial charge in [0.2, 0.25) is 5.69 Å². The third-order valence-electron chi connectivity index (χ3n) is 1.22. The molecule has 0 aliphatic carbocycles. The Kier molecular flexibility index (Phi) is 4.83. The lowest BCUT2D eigenvalue weighted by Gasteiger charge is -1.94. The summed E-state index contributed by atoms with van der Waals surface area (Å²) in [6.07, 6.45) is 0. The van der Waals surface area contributed by atoms with E-state index in [1.54, 1.807) is 10.7 Å². The van der Waals surface area contributed by atoms with Crippen LogP contribution in [0.25, 0.3) is 0 Å². The van der Waals surface area contributed by atoms with E-state index >= 15 is 0 Å². The summed E-state index contributed by atoms with van der Waals surface area (Å²) in [5.74, 6) is 0. The summed E-state index contributed by atoms with van der Waals surface area (Å²) in [7, 11) is -4.14. The fourth-order valence-electron chi connectivity index (χ4n) is 0.553. The Bertz CT molecular complexity index is 298. The van der Waals surface area contributed by atoms with Crippen molar-refractivity contribution in [3.05, 3.63) is 23.0 Å². The van der Waals surface area contributed by atoms with Gasteiger partial charge in [0, 0.05) is 18.1 Å². The molecule has 0 atom stereocenters. The van der Waals surface area contributed by atoms with E-state index in [0.29, 0.717) is 5.15 Å². The first-order valence-corrected chi connectivity index (χ1v) is 3.94. The maximum absolute atomic E-state index is 9.75. The zero-order valence-electron chi connectivity index (χ0n) is 7.52. The van der Waals surface area contributed by atoms with Crippen molar-refractivity contribution in [2.75, 3.05) is 0 Å². The quantitative estimate of drug-likeness (QED) is 0.379. The van der Waals surface area contributed by atoms with Crippen LogP contribution in [0.5, 0.6) is 0 Å². The van der Waals surface area contributed by atoms with Gasteiger partial charge in [0.25, 0.3) is 0 Å². The largest absolute Gasteiger partial charge is 0.673 e. The molecule has 2 nitrogen and oxygen atoms in total. The molecule has 0 saturated heterocycles. The predicted molar refractivity (Wildman–Crippen MR) is 45.3 cm³/mol. The molecule has 0 aliphatic heterocycles. The van der Waals surface area contributed by atoms with Gasteiger partial charge in [-0.15, -0.1) is 0 Å². The zero-order valence-corrected chi connectivity index (χ0v) is 8.27. The van der Waals surface area contributed by atoms with Crippen molar-refractivity contribution in [1.82, 2.24) is 5.10 Å². The van der Waals surface area contributed by atoms with Crippen LogP contribution in [0.1, 0.15) is 5.69 Å². The topological polar surface area (TPSA) is 16.8 Å². The van der Waals surface area contributed by atoms with Crippen LogP contribution in [0.4, 0.5) is 17.3 Å². The second kappa shape index (κ2) is 5.14. The molecule has 1 aromatic rings. The smallest absolute Gasteiger partial charge is 0.418 e. The highest BCUT2D eigenvalue weighted by Crippen LogP contribution is 2.06. The molecule has 0 fully saturated rings. The Morgan fingerprint density at radius 2 is 1.71 bits per heavy atom. The van der Waals surface area contributed by atoms with Crippen molar-refractivity contribution in [2.24, 2.45) is 7.05 Å². The molecule has 0 bridgehead atoms. The molecule has 0 saturated carbocycles. The standard InChI is InChI=1S/C6H8ClN2.BF4/c1-5-3-4-6(7)8-9(5)2;2-1(3,4)5/h3-4H,1-2H3;/q+1;-1. The summed E-state index contributed by atoms with van der Waals surface area (Å²) in [6.45, 7) is 1.98. The van der Waals surface area contributed by atoms with E-state index in [1.165, 1.54) is 0 Å². The molecular formula is C6H8BClF4N2. The highest BCUT2D eigenvalue weighted by Gasteiger charge is 2.20. The second-order valence-corrected chi connectivity index (χ2v) is 2.80. The van der Waals surface area contributed by atoms with E-state index in [1.807, 2.05) is 20.0 Å². The molecule has 1 rings (SSSR count). The van der Waals surface area contributed by atoms with Crippen LogP contribution in [-0.4, -0.2) is 12.4 Å². The van der Waals surface area contributed by atoms with Gasteiger partial charge in [0.1, 0.15) is 0 Å². The van der Waals surface area contributed by atoms with Gasteiger partial charge in [-0.2, -0.15) is 0 Å². The van der Waals surface area contributed by atoms with Crippen molar-refractivity contribution in [1.29, 1.82) is 0 Å². The monoisotopic (exact) mass is 230 g/mol. The predicted octanol–water partition coefficient (Wildman–Crippen LogP) is 2.17. The van der Waals surface area contributed by atoms with Crippen LogP contribution in [0.3, 0.4) is 0 Å². The Morgan fingerprint density at radius 1 is 1.29 bits per heavy atom. The first kappa shape index (κ1) is 13.2. The van der Waals surface area contributed by atoms with Gasteiger partial charge in [-0.1, -0.05) is 16.3 Å². The molecule has 1 heterocycles. The average molecular weight is 230 g/mol.